The fourth-order valence-corrected chi connectivity index (χ4v) is 6.87. The van der Waals surface area contributed by atoms with E-state index in [-0.39, 0.29) is 6.03 Å². The van der Waals surface area contributed by atoms with E-state index in [1.807, 2.05) is 78.9 Å². The summed E-state index contributed by atoms with van der Waals surface area (Å²) in [7, 11) is -3.46. The van der Waals surface area contributed by atoms with Crippen LogP contribution >= 0.6 is 0 Å². The van der Waals surface area contributed by atoms with Gasteiger partial charge in [-0.1, -0.05) is 54.6 Å². The third-order valence-corrected chi connectivity index (χ3v) is 9.95. The van der Waals surface area contributed by atoms with Crippen molar-refractivity contribution >= 4 is 32.5 Å². The van der Waals surface area contributed by atoms with E-state index >= 15 is 0 Å². The normalized spacial score (nSPS) is 14.0. The second kappa shape index (κ2) is 15.1. The molecule has 1 aromatic heterocycles. The largest absolute Gasteiger partial charge is 0.492 e. The molecule has 0 bridgehead atoms. The maximum Gasteiger partial charge on any atom is 0.319 e. The van der Waals surface area contributed by atoms with Crippen molar-refractivity contribution in [1.29, 1.82) is 0 Å². The average Bonchev–Trinajstić information content (AvgIpc) is 3.12. The van der Waals surface area contributed by atoms with E-state index < -0.39 is 10.0 Å². The Morgan fingerprint density at radius 1 is 0.745 bits per heavy atom. The number of carbonyl (C=O) groups excluding carboxylic acids is 1. The van der Waals surface area contributed by atoms with Gasteiger partial charge in [0.1, 0.15) is 24.7 Å². The Bertz CT molecular complexity index is 1880. The molecule has 2 N–H and O–H groups in total. The van der Waals surface area contributed by atoms with Crippen LogP contribution in [0.15, 0.2) is 120 Å². The number of rotatable bonds is 12. The summed E-state index contributed by atoms with van der Waals surface area (Å²) in [4.78, 5) is 19.1. The van der Waals surface area contributed by atoms with Crippen molar-refractivity contribution in [2.75, 3.05) is 44.6 Å². The fourth-order valence-electron chi connectivity index (χ4n) is 5.43. The van der Waals surface area contributed by atoms with Gasteiger partial charge >= 0.3 is 6.03 Å². The van der Waals surface area contributed by atoms with Gasteiger partial charge in [-0.25, -0.2) is 13.2 Å². The van der Waals surface area contributed by atoms with Crippen molar-refractivity contribution < 1.29 is 22.7 Å². The number of benzene rings is 4. The number of sulfonamides is 1. The fraction of sp³-hybridized carbons (Fsp3) is 0.222. The Morgan fingerprint density at radius 3 is 2.19 bits per heavy atom. The number of hydrogen-bond acceptors (Lipinski definition) is 7. The maximum absolute atomic E-state index is 12.9. The highest BCUT2D eigenvalue weighted by Gasteiger charge is 2.28. The molecular weight excluding hydrogens is 614 g/mol. The maximum atomic E-state index is 12.9. The Labute approximate surface area is 275 Å². The zero-order valence-corrected chi connectivity index (χ0v) is 26.7. The van der Waals surface area contributed by atoms with E-state index in [9.17, 15) is 13.2 Å². The summed E-state index contributed by atoms with van der Waals surface area (Å²) in [6.07, 6.45) is 3.39. The summed E-state index contributed by atoms with van der Waals surface area (Å²) < 4.78 is 39.5. The minimum Gasteiger partial charge on any atom is -0.492 e. The van der Waals surface area contributed by atoms with E-state index in [2.05, 4.69) is 20.5 Å². The van der Waals surface area contributed by atoms with Crippen LogP contribution < -0.4 is 20.1 Å². The highest BCUT2D eigenvalue weighted by molar-refractivity contribution is 7.89. The van der Waals surface area contributed by atoms with Gasteiger partial charge in [-0.15, -0.1) is 0 Å². The molecule has 0 saturated carbocycles. The summed E-state index contributed by atoms with van der Waals surface area (Å²) in [6, 6.07) is 31.4. The molecule has 2 amide bonds. The van der Waals surface area contributed by atoms with Gasteiger partial charge in [-0.05, 0) is 59.7 Å². The molecule has 0 aliphatic carbocycles. The molecule has 1 saturated heterocycles. The lowest BCUT2D eigenvalue weighted by Gasteiger charge is -2.33. The van der Waals surface area contributed by atoms with Crippen LogP contribution in [0.1, 0.15) is 11.1 Å². The predicted octanol–water partition coefficient (Wildman–Crippen LogP) is 5.52. The van der Waals surface area contributed by atoms with Crippen LogP contribution in [-0.2, 0) is 23.2 Å². The van der Waals surface area contributed by atoms with Gasteiger partial charge in [0.15, 0.2) is 0 Å². The molecule has 0 atom stereocenters. The van der Waals surface area contributed by atoms with Crippen molar-refractivity contribution in [2.45, 2.75) is 18.0 Å². The van der Waals surface area contributed by atoms with E-state index in [1.165, 1.54) is 0 Å². The number of urea groups is 1. The summed E-state index contributed by atoms with van der Waals surface area (Å²) in [6.45, 7) is 4.25. The second-order valence-corrected chi connectivity index (χ2v) is 13.1. The molecule has 6 rings (SSSR count). The number of nitrogens with zero attached hydrogens (tertiary/aromatic N) is 3. The summed E-state index contributed by atoms with van der Waals surface area (Å²) in [5.74, 6) is 1.49. The molecule has 2 heterocycles. The molecule has 0 spiro atoms. The minimum absolute atomic E-state index is 0.292. The highest BCUT2D eigenvalue weighted by atomic mass is 32.2. The quantitative estimate of drug-likeness (QED) is 0.183. The smallest absolute Gasteiger partial charge is 0.319 e. The van der Waals surface area contributed by atoms with Crippen molar-refractivity contribution in [2.24, 2.45) is 0 Å². The Kier molecular flexibility index (Phi) is 10.3. The molecule has 5 aromatic rings. The van der Waals surface area contributed by atoms with Crippen molar-refractivity contribution in [3.05, 3.63) is 127 Å². The zero-order chi connectivity index (χ0) is 32.5. The van der Waals surface area contributed by atoms with Gasteiger partial charge in [-0.2, -0.15) is 4.31 Å². The van der Waals surface area contributed by atoms with Crippen molar-refractivity contribution in [1.82, 2.24) is 19.5 Å². The monoisotopic (exact) mass is 651 g/mol. The summed E-state index contributed by atoms with van der Waals surface area (Å²) in [5, 5.41) is 7.61. The van der Waals surface area contributed by atoms with Crippen LogP contribution in [-0.4, -0.2) is 68.0 Å². The van der Waals surface area contributed by atoms with Crippen LogP contribution in [0, 0.1) is 0 Å². The molecule has 242 valence electrons. The lowest BCUT2D eigenvalue weighted by atomic mass is 10.1. The Hall–Kier alpha value is -4.97. The Morgan fingerprint density at radius 2 is 1.45 bits per heavy atom. The van der Waals surface area contributed by atoms with Gasteiger partial charge in [0, 0.05) is 62.4 Å². The van der Waals surface area contributed by atoms with E-state index in [4.69, 9.17) is 9.47 Å². The number of aromatic nitrogens is 1. The third kappa shape index (κ3) is 8.25. The number of amides is 2. The lowest BCUT2D eigenvalue weighted by molar-refractivity contribution is 0.159. The number of hydrogen-bond donors (Lipinski definition) is 2. The Balaban J connectivity index is 0.960. The average molecular weight is 652 g/mol. The number of carbonyl (C=O) groups is 1. The topological polar surface area (TPSA) is 113 Å². The van der Waals surface area contributed by atoms with Gasteiger partial charge in [0.25, 0.3) is 0 Å². The van der Waals surface area contributed by atoms with Crippen molar-refractivity contribution in [3.63, 3.8) is 0 Å². The molecule has 1 aliphatic rings. The summed E-state index contributed by atoms with van der Waals surface area (Å²) >= 11 is 0. The van der Waals surface area contributed by atoms with E-state index in [0.717, 1.165) is 33.4 Å². The molecule has 47 heavy (non-hydrogen) atoms. The van der Waals surface area contributed by atoms with Gasteiger partial charge in [-0.3, -0.25) is 9.88 Å². The van der Waals surface area contributed by atoms with E-state index in [0.29, 0.717) is 63.1 Å². The van der Waals surface area contributed by atoms with Crippen LogP contribution in [0.2, 0.25) is 0 Å². The SMILES string of the molecule is O=C(NCc1ccncc1)Nc1ccc(OCc2ccc(OCCN3CCN(S(=O)(=O)c4ccccc4)CC3)cc2)c2ccccc12. The lowest BCUT2D eigenvalue weighted by Crippen LogP contribution is -2.49. The summed E-state index contributed by atoms with van der Waals surface area (Å²) in [5.41, 5.74) is 2.66. The number of ether oxygens (including phenoxy) is 2. The van der Waals surface area contributed by atoms with Crippen LogP contribution in [0.4, 0.5) is 10.5 Å². The number of nitrogens with one attached hydrogen (secondary N) is 2. The first-order chi connectivity index (χ1) is 23.0. The number of pyridine rings is 1. The van der Waals surface area contributed by atoms with Crippen LogP contribution in [0.25, 0.3) is 10.8 Å². The first kappa shape index (κ1) is 32.0. The molecule has 0 unspecified atom stereocenters. The van der Waals surface area contributed by atoms with Crippen LogP contribution in [0.5, 0.6) is 11.5 Å². The number of anilines is 1. The van der Waals surface area contributed by atoms with Crippen LogP contribution in [0.3, 0.4) is 0 Å². The van der Waals surface area contributed by atoms with Gasteiger partial charge < -0.3 is 20.1 Å². The third-order valence-electron chi connectivity index (χ3n) is 8.04. The number of fused-ring (bicyclic) bond motifs is 1. The second-order valence-electron chi connectivity index (χ2n) is 11.2. The molecule has 11 heteroatoms. The number of piperazine rings is 1. The molecule has 1 fully saturated rings. The predicted molar refractivity (Wildman–Crippen MR) is 182 cm³/mol. The molecule has 10 nitrogen and oxygen atoms in total. The first-order valence-corrected chi connectivity index (χ1v) is 17.0. The highest BCUT2D eigenvalue weighted by Crippen LogP contribution is 2.32. The molecule has 0 radical (unpaired) electrons. The van der Waals surface area contributed by atoms with E-state index in [1.54, 1.807) is 41.0 Å². The van der Waals surface area contributed by atoms with Gasteiger partial charge in [0.2, 0.25) is 10.0 Å². The molecule has 4 aromatic carbocycles. The first-order valence-electron chi connectivity index (χ1n) is 15.5. The molecule has 1 aliphatic heterocycles. The standard InChI is InChI=1S/C36H37N5O5S/c42-36(38-26-28-16-18-37-19-17-28)39-34-14-15-35(33-9-5-4-8-32(33)34)46-27-29-10-12-30(13-11-29)45-25-24-40-20-22-41(23-21-40)47(43,44)31-6-2-1-3-7-31/h1-19H,20-27H2,(H2,38,39,42). The van der Waals surface area contributed by atoms with Gasteiger partial charge in [0.05, 0.1) is 10.6 Å². The zero-order valence-electron chi connectivity index (χ0n) is 25.9. The minimum atomic E-state index is -3.46. The van der Waals surface area contributed by atoms with Crippen molar-refractivity contribution in [3.8, 4) is 11.5 Å². The molecular formula is C36H37N5O5S.